The molecule has 160 valence electrons. The molecule has 0 spiro atoms. The molecule has 28 heavy (non-hydrogen) atoms. The van der Waals surface area contributed by atoms with Crippen LogP contribution in [0.5, 0.6) is 0 Å². The maximum atomic E-state index is 11.8. The smallest absolute Gasteiger partial charge is 0.240 e. The van der Waals surface area contributed by atoms with Crippen molar-refractivity contribution >= 4 is 40.0 Å². The summed E-state index contributed by atoms with van der Waals surface area (Å²) in [5, 5.41) is 6.84. The fourth-order valence-corrected chi connectivity index (χ4v) is 3.87. The molecule has 1 heterocycles. The van der Waals surface area contributed by atoms with Gasteiger partial charge in [0.05, 0.1) is 11.4 Å². The number of sulfonamides is 1. The van der Waals surface area contributed by atoms with Gasteiger partial charge >= 0.3 is 0 Å². The van der Waals surface area contributed by atoms with E-state index in [-0.39, 0.29) is 28.9 Å². The summed E-state index contributed by atoms with van der Waals surface area (Å²) in [5.74, 6) is 0.812. The maximum Gasteiger partial charge on any atom is 0.240 e. The van der Waals surface area contributed by atoms with E-state index < -0.39 is 10.0 Å². The van der Waals surface area contributed by atoms with Gasteiger partial charge in [0.25, 0.3) is 0 Å². The van der Waals surface area contributed by atoms with Gasteiger partial charge in [-0.25, -0.2) is 18.1 Å². The minimum absolute atomic E-state index is 0. The van der Waals surface area contributed by atoms with Crippen molar-refractivity contribution in [2.24, 2.45) is 4.99 Å². The predicted molar refractivity (Wildman–Crippen MR) is 126 cm³/mol. The van der Waals surface area contributed by atoms with E-state index in [4.69, 9.17) is 0 Å². The Kier molecular flexibility index (Phi) is 10.7. The van der Waals surface area contributed by atoms with Crippen LogP contribution < -0.4 is 15.4 Å². The molecule has 0 unspecified atom stereocenters. The van der Waals surface area contributed by atoms with Gasteiger partial charge in [-0.3, -0.25) is 0 Å². The average Bonchev–Trinajstić information content (AvgIpc) is 2.67. The summed E-state index contributed by atoms with van der Waals surface area (Å²) in [5.41, 5.74) is 0.969. The van der Waals surface area contributed by atoms with Crippen LogP contribution in [-0.2, 0) is 16.6 Å². The zero-order valence-electron chi connectivity index (χ0n) is 17.2. The number of benzene rings is 1. The molecule has 0 saturated carbocycles. The second-order valence-electron chi connectivity index (χ2n) is 7.10. The second-order valence-corrected chi connectivity index (χ2v) is 8.98. The number of rotatable bonds is 7. The van der Waals surface area contributed by atoms with Crippen molar-refractivity contribution in [1.82, 2.24) is 20.3 Å². The quantitative estimate of drug-likeness (QED) is 0.290. The number of nitrogens with one attached hydrogen (secondary N) is 3. The summed E-state index contributed by atoms with van der Waals surface area (Å²) >= 11 is 0. The number of nitrogens with zero attached hydrogens (tertiary/aromatic N) is 2. The minimum Gasteiger partial charge on any atom is -0.357 e. The minimum atomic E-state index is -3.40. The summed E-state index contributed by atoms with van der Waals surface area (Å²) in [6.07, 6.45) is 2.22. The molecule has 1 aromatic rings. The Morgan fingerprint density at radius 2 is 1.82 bits per heavy atom. The maximum absolute atomic E-state index is 11.8. The lowest BCUT2D eigenvalue weighted by molar-refractivity contribution is 0.167. The average molecular weight is 523 g/mol. The third kappa shape index (κ3) is 7.49. The van der Waals surface area contributed by atoms with Crippen molar-refractivity contribution in [3.63, 3.8) is 0 Å². The number of hydrogen-bond acceptors (Lipinski definition) is 4. The van der Waals surface area contributed by atoms with E-state index >= 15 is 0 Å². The molecule has 7 nitrogen and oxygen atoms in total. The van der Waals surface area contributed by atoms with E-state index in [0.717, 1.165) is 44.0 Å². The fourth-order valence-electron chi connectivity index (χ4n) is 3.14. The zero-order chi connectivity index (χ0) is 19.9. The third-order valence-electron chi connectivity index (χ3n) is 4.87. The van der Waals surface area contributed by atoms with Gasteiger partial charge in [0.15, 0.2) is 5.96 Å². The van der Waals surface area contributed by atoms with E-state index in [2.05, 4.69) is 46.0 Å². The Labute approximate surface area is 186 Å². The Morgan fingerprint density at radius 1 is 1.21 bits per heavy atom. The highest BCUT2D eigenvalue weighted by Crippen LogP contribution is 2.13. The third-order valence-corrected chi connectivity index (χ3v) is 6.30. The number of aliphatic imine (C=N–C) groups is 1. The van der Waals surface area contributed by atoms with Gasteiger partial charge in [0.2, 0.25) is 10.0 Å². The highest BCUT2D eigenvalue weighted by Gasteiger charge is 2.21. The van der Waals surface area contributed by atoms with Crippen molar-refractivity contribution in [2.45, 2.75) is 57.1 Å². The Bertz CT molecular complexity index is 714. The summed E-state index contributed by atoms with van der Waals surface area (Å²) in [7, 11) is -1.99. The van der Waals surface area contributed by atoms with Crippen LogP contribution in [0.3, 0.4) is 0 Å². The molecule has 1 saturated heterocycles. The standard InChI is InChI=1S/C19H33N5O2S.HI/c1-5-21-19(23-17-10-12-24(13-11-17)15(2)3)22-14-16-6-8-18(9-7-16)27(25,26)20-4;/h6-9,15,17,20H,5,10-14H2,1-4H3,(H2,21,22,23);1H. The number of hydrogen-bond donors (Lipinski definition) is 3. The lowest BCUT2D eigenvalue weighted by Crippen LogP contribution is -2.49. The van der Waals surface area contributed by atoms with Gasteiger partial charge in [0.1, 0.15) is 0 Å². The zero-order valence-corrected chi connectivity index (χ0v) is 20.4. The predicted octanol–water partition coefficient (Wildman–Crippen LogP) is 2.14. The number of piperidine rings is 1. The van der Waals surface area contributed by atoms with Crippen LogP contribution >= 0.6 is 24.0 Å². The van der Waals surface area contributed by atoms with Crippen molar-refractivity contribution in [3.05, 3.63) is 29.8 Å². The second kappa shape index (κ2) is 11.9. The van der Waals surface area contributed by atoms with Crippen LogP contribution in [0.15, 0.2) is 34.2 Å². The first kappa shape index (κ1) is 25.1. The molecule has 0 atom stereocenters. The van der Waals surface area contributed by atoms with E-state index in [9.17, 15) is 8.42 Å². The molecule has 0 amide bonds. The van der Waals surface area contributed by atoms with Gasteiger partial charge in [0, 0.05) is 31.7 Å². The van der Waals surface area contributed by atoms with Gasteiger partial charge in [-0.15, -0.1) is 24.0 Å². The molecule has 1 aliphatic rings. The molecule has 1 aliphatic heterocycles. The van der Waals surface area contributed by atoms with Gasteiger partial charge in [-0.05, 0) is 58.4 Å². The summed E-state index contributed by atoms with van der Waals surface area (Å²) in [6, 6.07) is 7.86. The Hall–Kier alpha value is -0.910. The number of likely N-dealkylation sites (tertiary alicyclic amines) is 1. The number of halogens is 1. The van der Waals surface area contributed by atoms with Crippen LogP contribution in [0.25, 0.3) is 0 Å². The molecule has 9 heteroatoms. The molecular formula is C19H34IN5O2S. The molecule has 0 aromatic heterocycles. The van der Waals surface area contributed by atoms with E-state index in [1.807, 2.05) is 0 Å². The molecule has 0 bridgehead atoms. The first-order valence-corrected chi connectivity index (χ1v) is 11.2. The van der Waals surface area contributed by atoms with Crippen molar-refractivity contribution in [2.75, 3.05) is 26.7 Å². The van der Waals surface area contributed by atoms with Crippen molar-refractivity contribution < 1.29 is 8.42 Å². The molecular weight excluding hydrogens is 489 g/mol. The van der Waals surface area contributed by atoms with Gasteiger partial charge in [-0.2, -0.15) is 0 Å². The van der Waals surface area contributed by atoms with Gasteiger partial charge < -0.3 is 15.5 Å². The van der Waals surface area contributed by atoms with Crippen LogP contribution in [0.1, 0.15) is 39.2 Å². The van der Waals surface area contributed by atoms with Crippen LogP contribution in [0, 0.1) is 0 Å². The van der Waals surface area contributed by atoms with Crippen LogP contribution in [-0.4, -0.2) is 58.0 Å². The lowest BCUT2D eigenvalue weighted by atomic mass is 10.0. The molecule has 1 fully saturated rings. The molecule has 0 radical (unpaired) electrons. The normalized spacial score (nSPS) is 16.7. The van der Waals surface area contributed by atoms with E-state index in [0.29, 0.717) is 18.6 Å². The highest BCUT2D eigenvalue weighted by atomic mass is 127. The van der Waals surface area contributed by atoms with Gasteiger partial charge in [-0.1, -0.05) is 12.1 Å². The Balaban J connectivity index is 0.00000392. The van der Waals surface area contributed by atoms with Crippen LogP contribution in [0.4, 0.5) is 0 Å². The Morgan fingerprint density at radius 3 is 2.32 bits per heavy atom. The molecule has 0 aliphatic carbocycles. The van der Waals surface area contributed by atoms with Crippen molar-refractivity contribution in [3.8, 4) is 0 Å². The molecule has 3 N–H and O–H groups in total. The van der Waals surface area contributed by atoms with Crippen LogP contribution in [0.2, 0.25) is 0 Å². The highest BCUT2D eigenvalue weighted by molar-refractivity contribution is 14.0. The summed E-state index contributed by atoms with van der Waals surface area (Å²) in [4.78, 5) is 7.43. The fraction of sp³-hybridized carbons (Fsp3) is 0.632. The molecule has 2 rings (SSSR count). The molecule has 1 aromatic carbocycles. The van der Waals surface area contributed by atoms with E-state index in [1.165, 1.54) is 7.05 Å². The first-order valence-electron chi connectivity index (χ1n) is 9.67. The van der Waals surface area contributed by atoms with E-state index in [1.54, 1.807) is 24.3 Å². The summed E-state index contributed by atoms with van der Waals surface area (Å²) in [6.45, 7) is 10.1. The SMILES string of the molecule is CCNC(=NCc1ccc(S(=O)(=O)NC)cc1)NC1CCN(C(C)C)CC1.I. The first-order chi connectivity index (χ1) is 12.9. The summed E-state index contributed by atoms with van der Waals surface area (Å²) < 4.78 is 25.9. The monoisotopic (exact) mass is 523 g/mol. The number of guanidine groups is 1. The largest absolute Gasteiger partial charge is 0.357 e. The topological polar surface area (TPSA) is 85.8 Å². The van der Waals surface area contributed by atoms with Crippen molar-refractivity contribution in [1.29, 1.82) is 0 Å². The lowest BCUT2D eigenvalue weighted by Gasteiger charge is -2.35.